The van der Waals surface area contributed by atoms with Crippen LogP contribution in [0, 0.1) is 0 Å². The molecule has 0 saturated heterocycles. The van der Waals surface area contributed by atoms with Crippen molar-refractivity contribution >= 4 is 21.9 Å². The van der Waals surface area contributed by atoms with Crippen molar-refractivity contribution < 1.29 is 0 Å². The number of aromatic amines is 1. The van der Waals surface area contributed by atoms with Crippen molar-refractivity contribution in [1.29, 1.82) is 0 Å². The van der Waals surface area contributed by atoms with Gasteiger partial charge in [0.1, 0.15) is 0 Å². The largest absolute Gasteiger partial charge is 0.356 e. The van der Waals surface area contributed by atoms with E-state index in [0.717, 1.165) is 0 Å². The molecular formula is C17H22N2. The first-order valence-corrected chi connectivity index (χ1v) is 7.10. The summed E-state index contributed by atoms with van der Waals surface area (Å²) in [6, 6.07) is 9.12. The Morgan fingerprint density at radius 3 is 2.32 bits per heavy atom. The van der Waals surface area contributed by atoms with Crippen molar-refractivity contribution in [3.8, 4) is 0 Å². The lowest BCUT2D eigenvalue weighted by atomic mass is 10.0. The zero-order valence-corrected chi connectivity index (χ0v) is 12.4. The molecule has 1 aromatic carbocycles. The van der Waals surface area contributed by atoms with Crippen LogP contribution in [0.4, 0.5) is 0 Å². The molecule has 0 aliphatic rings. The third-order valence-corrected chi connectivity index (χ3v) is 4.12. The van der Waals surface area contributed by atoms with Gasteiger partial charge in [0.15, 0.2) is 0 Å². The summed E-state index contributed by atoms with van der Waals surface area (Å²) in [5.41, 5.74) is 6.62. The molecule has 0 spiro atoms. The van der Waals surface area contributed by atoms with Crippen molar-refractivity contribution in [3.63, 3.8) is 0 Å². The molecule has 0 unspecified atom stereocenters. The van der Waals surface area contributed by atoms with Crippen LogP contribution in [0.5, 0.6) is 0 Å². The number of rotatable bonds is 2. The fourth-order valence-electron chi connectivity index (χ4n) is 2.77. The third-order valence-electron chi connectivity index (χ3n) is 4.12. The van der Waals surface area contributed by atoms with Crippen LogP contribution in [-0.2, 0) is 7.05 Å². The summed E-state index contributed by atoms with van der Waals surface area (Å²) < 4.78 is 2.30. The SMILES string of the molecule is CC(C)c1ccc2c3[nH]c(C(C)C)cc3n(C)c2c1. The van der Waals surface area contributed by atoms with Crippen molar-refractivity contribution in [3.05, 3.63) is 35.5 Å². The first-order valence-electron chi connectivity index (χ1n) is 7.10. The van der Waals surface area contributed by atoms with Crippen LogP contribution in [0.1, 0.15) is 50.8 Å². The lowest BCUT2D eigenvalue weighted by Crippen LogP contribution is -1.91. The molecule has 1 N–H and O–H groups in total. The quantitative estimate of drug-likeness (QED) is 0.671. The van der Waals surface area contributed by atoms with Crippen LogP contribution in [0.3, 0.4) is 0 Å². The second kappa shape index (κ2) is 4.16. The van der Waals surface area contributed by atoms with Gasteiger partial charge in [0.25, 0.3) is 0 Å². The zero-order valence-electron chi connectivity index (χ0n) is 12.4. The molecular weight excluding hydrogens is 232 g/mol. The Kier molecular flexibility index (Phi) is 2.70. The topological polar surface area (TPSA) is 20.7 Å². The second-order valence-electron chi connectivity index (χ2n) is 6.13. The molecule has 3 rings (SSSR count). The summed E-state index contributed by atoms with van der Waals surface area (Å²) >= 11 is 0. The highest BCUT2D eigenvalue weighted by Gasteiger charge is 2.13. The monoisotopic (exact) mass is 254 g/mol. The molecule has 0 aliphatic heterocycles. The number of aromatic nitrogens is 2. The first-order chi connectivity index (χ1) is 8.99. The Balaban J connectivity index is 2.32. The minimum Gasteiger partial charge on any atom is -0.356 e. The van der Waals surface area contributed by atoms with Crippen molar-refractivity contribution in [2.45, 2.75) is 39.5 Å². The van der Waals surface area contributed by atoms with Gasteiger partial charge in [0, 0.05) is 18.1 Å². The van der Waals surface area contributed by atoms with E-state index in [1.165, 1.54) is 33.2 Å². The Bertz CT molecular complexity index is 735. The predicted octanol–water partition coefficient (Wildman–Crippen LogP) is 4.91. The minimum absolute atomic E-state index is 0.539. The molecule has 0 radical (unpaired) electrons. The standard InChI is InChI=1S/C17H22N2/c1-10(2)12-6-7-13-15(8-12)19(5)16-9-14(11(3)4)18-17(13)16/h6-11,18H,1-5H3. The normalized spacial score (nSPS) is 12.4. The van der Waals surface area contributed by atoms with Crippen LogP contribution < -0.4 is 0 Å². The number of H-pyrrole nitrogens is 1. The number of fused-ring (bicyclic) bond motifs is 3. The van der Waals surface area contributed by atoms with Crippen LogP contribution >= 0.6 is 0 Å². The molecule has 0 bridgehead atoms. The van der Waals surface area contributed by atoms with E-state index in [0.29, 0.717) is 11.8 Å². The number of hydrogen-bond acceptors (Lipinski definition) is 0. The summed E-state index contributed by atoms with van der Waals surface area (Å²) in [6.07, 6.45) is 0. The van der Waals surface area contributed by atoms with Crippen LogP contribution in [0.2, 0.25) is 0 Å². The third kappa shape index (κ3) is 1.78. The molecule has 2 heteroatoms. The van der Waals surface area contributed by atoms with E-state index in [4.69, 9.17) is 0 Å². The van der Waals surface area contributed by atoms with Gasteiger partial charge >= 0.3 is 0 Å². The van der Waals surface area contributed by atoms with Gasteiger partial charge in [-0.05, 0) is 29.5 Å². The molecule has 2 heterocycles. The Labute approximate surface area is 114 Å². The van der Waals surface area contributed by atoms with Crippen LogP contribution in [0.15, 0.2) is 24.3 Å². The summed E-state index contributed by atoms with van der Waals surface area (Å²) in [5, 5.41) is 1.33. The molecule has 0 atom stereocenters. The number of nitrogens with zero attached hydrogens (tertiary/aromatic N) is 1. The van der Waals surface area contributed by atoms with Gasteiger partial charge in [-0.15, -0.1) is 0 Å². The molecule has 0 aliphatic carbocycles. The molecule has 19 heavy (non-hydrogen) atoms. The van der Waals surface area contributed by atoms with Gasteiger partial charge in [-0.2, -0.15) is 0 Å². The van der Waals surface area contributed by atoms with Gasteiger partial charge in [0.2, 0.25) is 0 Å². The lowest BCUT2D eigenvalue weighted by Gasteiger charge is -2.06. The summed E-state index contributed by atoms with van der Waals surface area (Å²) in [6.45, 7) is 8.94. The highest BCUT2D eigenvalue weighted by Crippen LogP contribution is 2.32. The Morgan fingerprint density at radius 1 is 0.947 bits per heavy atom. The number of benzene rings is 1. The van der Waals surface area contributed by atoms with Gasteiger partial charge in [0.05, 0.1) is 16.6 Å². The Hall–Kier alpha value is -1.70. The summed E-state index contributed by atoms with van der Waals surface area (Å²) in [7, 11) is 2.16. The number of nitrogens with one attached hydrogen (secondary N) is 1. The average Bonchev–Trinajstić information content (AvgIpc) is 2.90. The zero-order chi connectivity index (χ0) is 13.7. The summed E-state index contributed by atoms with van der Waals surface area (Å²) in [5.74, 6) is 1.11. The molecule has 0 amide bonds. The fraction of sp³-hybridized carbons (Fsp3) is 0.412. The Morgan fingerprint density at radius 2 is 1.68 bits per heavy atom. The predicted molar refractivity (Wildman–Crippen MR) is 83.0 cm³/mol. The number of aryl methyl sites for hydroxylation is 1. The van der Waals surface area contributed by atoms with Gasteiger partial charge in [-0.1, -0.05) is 39.8 Å². The van der Waals surface area contributed by atoms with Gasteiger partial charge in [-0.25, -0.2) is 0 Å². The smallest absolute Gasteiger partial charge is 0.0718 e. The van der Waals surface area contributed by atoms with Crippen molar-refractivity contribution in [2.75, 3.05) is 0 Å². The van der Waals surface area contributed by atoms with Gasteiger partial charge < -0.3 is 9.55 Å². The molecule has 0 fully saturated rings. The van der Waals surface area contributed by atoms with Crippen molar-refractivity contribution in [2.24, 2.45) is 7.05 Å². The molecule has 100 valence electrons. The molecule has 2 aromatic heterocycles. The van der Waals surface area contributed by atoms with Gasteiger partial charge in [-0.3, -0.25) is 0 Å². The first kappa shape index (κ1) is 12.3. The minimum atomic E-state index is 0.539. The van der Waals surface area contributed by atoms with E-state index in [2.05, 4.69) is 68.6 Å². The van der Waals surface area contributed by atoms with E-state index in [1.807, 2.05) is 0 Å². The second-order valence-corrected chi connectivity index (χ2v) is 6.13. The van der Waals surface area contributed by atoms with E-state index in [1.54, 1.807) is 0 Å². The van der Waals surface area contributed by atoms with Crippen LogP contribution in [-0.4, -0.2) is 9.55 Å². The van der Waals surface area contributed by atoms with E-state index < -0.39 is 0 Å². The van der Waals surface area contributed by atoms with Crippen LogP contribution in [0.25, 0.3) is 21.9 Å². The average molecular weight is 254 g/mol. The maximum atomic E-state index is 3.59. The fourth-order valence-corrected chi connectivity index (χ4v) is 2.77. The lowest BCUT2D eigenvalue weighted by molar-refractivity contribution is 0.836. The summed E-state index contributed by atoms with van der Waals surface area (Å²) in [4.78, 5) is 3.59. The maximum absolute atomic E-state index is 3.59. The highest BCUT2D eigenvalue weighted by atomic mass is 15.0. The van der Waals surface area contributed by atoms with E-state index >= 15 is 0 Å². The maximum Gasteiger partial charge on any atom is 0.0718 e. The highest BCUT2D eigenvalue weighted by molar-refractivity contribution is 6.06. The molecule has 3 aromatic rings. The molecule has 2 nitrogen and oxygen atoms in total. The van der Waals surface area contributed by atoms with Crippen molar-refractivity contribution in [1.82, 2.24) is 9.55 Å². The van der Waals surface area contributed by atoms with E-state index in [9.17, 15) is 0 Å². The van der Waals surface area contributed by atoms with E-state index in [-0.39, 0.29) is 0 Å². The number of hydrogen-bond donors (Lipinski definition) is 1. The molecule has 0 saturated carbocycles.